The van der Waals surface area contributed by atoms with Crippen LogP contribution in [0.2, 0.25) is 0 Å². The van der Waals surface area contributed by atoms with E-state index in [-0.39, 0.29) is 0 Å². The quantitative estimate of drug-likeness (QED) is 0.792. The fourth-order valence-corrected chi connectivity index (χ4v) is 2.13. The molecule has 0 amide bonds. The second-order valence-electron chi connectivity index (χ2n) is 4.85. The molecule has 20 heavy (non-hydrogen) atoms. The molecule has 0 bridgehead atoms. The van der Waals surface area contributed by atoms with Gasteiger partial charge < -0.3 is 4.74 Å². The van der Waals surface area contributed by atoms with E-state index in [9.17, 15) is 0 Å². The van der Waals surface area contributed by atoms with E-state index in [0.717, 1.165) is 22.2 Å². The zero-order valence-corrected chi connectivity index (χ0v) is 11.8. The van der Waals surface area contributed by atoms with Crippen LogP contribution in [0.4, 0.5) is 0 Å². The Morgan fingerprint density at radius 2 is 2.25 bits per heavy atom. The molecule has 3 rings (SSSR count). The maximum atomic E-state index is 5.60. The fraction of sp³-hybridized carbons (Fsp3) is 0.357. The van der Waals surface area contributed by atoms with Gasteiger partial charge in [-0.05, 0) is 26.8 Å². The molecular formula is C14H17N5O. The van der Waals surface area contributed by atoms with Gasteiger partial charge in [0.25, 0.3) is 0 Å². The van der Waals surface area contributed by atoms with Gasteiger partial charge in [-0.3, -0.25) is 9.78 Å². The predicted octanol–water partition coefficient (Wildman–Crippen LogP) is 2.80. The van der Waals surface area contributed by atoms with E-state index >= 15 is 0 Å². The average Bonchev–Trinajstić information content (AvgIpc) is 3.05. The van der Waals surface area contributed by atoms with Gasteiger partial charge in [0.15, 0.2) is 0 Å². The Morgan fingerprint density at radius 1 is 1.40 bits per heavy atom. The number of fused-ring (bicyclic) bond motifs is 1. The van der Waals surface area contributed by atoms with Crippen molar-refractivity contribution in [2.75, 3.05) is 6.61 Å². The van der Waals surface area contributed by atoms with E-state index < -0.39 is 0 Å². The number of H-pyrrole nitrogens is 1. The number of pyridine rings is 1. The number of ether oxygens (including phenoxy) is 1. The Labute approximate surface area is 116 Å². The molecule has 0 radical (unpaired) electrons. The highest BCUT2D eigenvalue weighted by atomic mass is 16.5. The molecule has 3 heterocycles. The van der Waals surface area contributed by atoms with Gasteiger partial charge in [-0.1, -0.05) is 0 Å². The molecule has 0 aliphatic carbocycles. The third-order valence-electron chi connectivity index (χ3n) is 3.13. The van der Waals surface area contributed by atoms with Gasteiger partial charge in [0, 0.05) is 24.0 Å². The molecule has 0 unspecified atom stereocenters. The molecule has 0 aliphatic heterocycles. The molecule has 0 aliphatic rings. The summed E-state index contributed by atoms with van der Waals surface area (Å²) >= 11 is 0. The molecule has 104 valence electrons. The minimum absolute atomic E-state index is 0.318. The van der Waals surface area contributed by atoms with Gasteiger partial charge in [-0.15, -0.1) is 0 Å². The Hall–Kier alpha value is -2.37. The molecular weight excluding hydrogens is 254 g/mol. The molecule has 0 spiro atoms. The first-order chi connectivity index (χ1) is 9.70. The maximum Gasteiger partial charge on any atom is 0.225 e. The number of hydrogen-bond donors (Lipinski definition) is 1. The van der Waals surface area contributed by atoms with Gasteiger partial charge in [-0.2, -0.15) is 10.2 Å². The maximum absolute atomic E-state index is 5.60. The molecule has 0 saturated carbocycles. The second kappa shape index (κ2) is 4.96. The molecule has 0 saturated heterocycles. The SMILES string of the molecule is CCOc1nccc2[nH]nc(-c3cnn(C(C)C)c3)c12. The first-order valence-electron chi connectivity index (χ1n) is 6.71. The van der Waals surface area contributed by atoms with Crippen LogP contribution in [-0.4, -0.2) is 31.6 Å². The van der Waals surface area contributed by atoms with Crippen LogP contribution in [0, 0.1) is 0 Å². The van der Waals surface area contributed by atoms with Crippen LogP contribution in [-0.2, 0) is 0 Å². The number of nitrogens with one attached hydrogen (secondary N) is 1. The summed E-state index contributed by atoms with van der Waals surface area (Å²) in [5, 5.41) is 12.7. The first kappa shape index (κ1) is 12.7. The van der Waals surface area contributed by atoms with Crippen molar-refractivity contribution in [3.63, 3.8) is 0 Å². The summed E-state index contributed by atoms with van der Waals surface area (Å²) in [6.07, 6.45) is 5.52. The lowest BCUT2D eigenvalue weighted by Crippen LogP contribution is -1.99. The van der Waals surface area contributed by atoms with Crippen molar-refractivity contribution in [3.05, 3.63) is 24.7 Å². The van der Waals surface area contributed by atoms with Crippen LogP contribution >= 0.6 is 0 Å². The van der Waals surface area contributed by atoms with Gasteiger partial charge in [0.05, 0.1) is 23.7 Å². The predicted molar refractivity (Wildman–Crippen MR) is 76.7 cm³/mol. The standard InChI is InChI=1S/C14H17N5O/c1-4-20-14-12-11(5-6-15-14)17-18-13(12)10-7-16-19(8-10)9(2)3/h5-9H,4H2,1-3H3,(H,17,18). The van der Waals surface area contributed by atoms with Crippen molar-refractivity contribution in [3.8, 4) is 17.1 Å². The zero-order valence-electron chi connectivity index (χ0n) is 11.8. The normalized spacial score (nSPS) is 11.4. The van der Waals surface area contributed by atoms with Crippen molar-refractivity contribution in [1.29, 1.82) is 0 Å². The van der Waals surface area contributed by atoms with E-state index in [4.69, 9.17) is 4.74 Å². The number of hydrogen-bond acceptors (Lipinski definition) is 4. The summed E-state index contributed by atoms with van der Waals surface area (Å²) in [4.78, 5) is 4.29. The molecule has 6 nitrogen and oxygen atoms in total. The lowest BCUT2D eigenvalue weighted by Gasteiger charge is -2.04. The number of rotatable bonds is 4. The number of aromatic nitrogens is 5. The van der Waals surface area contributed by atoms with Gasteiger partial charge in [0.1, 0.15) is 5.69 Å². The zero-order chi connectivity index (χ0) is 14.1. The summed E-state index contributed by atoms with van der Waals surface area (Å²) in [5.74, 6) is 0.603. The van der Waals surface area contributed by atoms with E-state index in [1.165, 1.54) is 0 Å². The third kappa shape index (κ3) is 2.03. The largest absolute Gasteiger partial charge is 0.477 e. The second-order valence-corrected chi connectivity index (χ2v) is 4.85. The Kier molecular flexibility index (Phi) is 3.14. The summed E-state index contributed by atoms with van der Waals surface area (Å²) in [7, 11) is 0. The third-order valence-corrected chi connectivity index (χ3v) is 3.13. The summed E-state index contributed by atoms with van der Waals surface area (Å²) in [5.41, 5.74) is 2.69. The van der Waals surface area contributed by atoms with Crippen molar-refractivity contribution in [2.24, 2.45) is 0 Å². The van der Waals surface area contributed by atoms with E-state index in [1.807, 2.05) is 30.1 Å². The number of nitrogens with zero attached hydrogens (tertiary/aromatic N) is 4. The average molecular weight is 271 g/mol. The van der Waals surface area contributed by atoms with Crippen LogP contribution in [0.1, 0.15) is 26.8 Å². The smallest absolute Gasteiger partial charge is 0.225 e. The molecule has 1 N–H and O–H groups in total. The molecule has 0 atom stereocenters. The highest BCUT2D eigenvalue weighted by Crippen LogP contribution is 2.32. The Morgan fingerprint density at radius 3 is 2.95 bits per heavy atom. The van der Waals surface area contributed by atoms with Crippen LogP contribution in [0.25, 0.3) is 22.2 Å². The minimum Gasteiger partial charge on any atom is -0.477 e. The molecule has 3 aromatic heterocycles. The lowest BCUT2D eigenvalue weighted by molar-refractivity contribution is 0.331. The highest BCUT2D eigenvalue weighted by molar-refractivity contribution is 5.96. The topological polar surface area (TPSA) is 68.6 Å². The van der Waals surface area contributed by atoms with E-state index in [1.54, 1.807) is 6.20 Å². The van der Waals surface area contributed by atoms with Crippen LogP contribution < -0.4 is 4.74 Å². The van der Waals surface area contributed by atoms with E-state index in [2.05, 4.69) is 34.1 Å². The Balaban J connectivity index is 2.15. The van der Waals surface area contributed by atoms with Crippen molar-refractivity contribution in [2.45, 2.75) is 26.8 Å². The molecule has 6 heteroatoms. The van der Waals surface area contributed by atoms with Gasteiger partial charge in [-0.25, -0.2) is 4.98 Å². The summed E-state index contributed by atoms with van der Waals surface area (Å²) in [6, 6.07) is 2.21. The number of aromatic amines is 1. The van der Waals surface area contributed by atoms with Gasteiger partial charge >= 0.3 is 0 Å². The molecule has 0 fully saturated rings. The summed E-state index contributed by atoms with van der Waals surface area (Å²) < 4.78 is 7.50. The minimum atomic E-state index is 0.318. The molecule has 0 aromatic carbocycles. The Bertz CT molecular complexity index is 728. The summed E-state index contributed by atoms with van der Waals surface area (Å²) in [6.45, 7) is 6.69. The molecule has 3 aromatic rings. The highest BCUT2D eigenvalue weighted by Gasteiger charge is 2.16. The fourth-order valence-electron chi connectivity index (χ4n) is 2.13. The lowest BCUT2D eigenvalue weighted by atomic mass is 10.1. The van der Waals surface area contributed by atoms with Crippen molar-refractivity contribution >= 4 is 10.9 Å². The van der Waals surface area contributed by atoms with Crippen molar-refractivity contribution < 1.29 is 4.74 Å². The van der Waals surface area contributed by atoms with Crippen molar-refractivity contribution in [1.82, 2.24) is 25.0 Å². The van der Waals surface area contributed by atoms with Crippen LogP contribution in [0.5, 0.6) is 5.88 Å². The van der Waals surface area contributed by atoms with E-state index in [0.29, 0.717) is 18.5 Å². The monoisotopic (exact) mass is 271 g/mol. The first-order valence-corrected chi connectivity index (χ1v) is 6.71. The van der Waals surface area contributed by atoms with Crippen LogP contribution in [0.15, 0.2) is 24.7 Å². The van der Waals surface area contributed by atoms with Gasteiger partial charge in [0.2, 0.25) is 5.88 Å². The van der Waals surface area contributed by atoms with Crippen LogP contribution in [0.3, 0.4) is 0 Å².